The van der Waals surface area contributed by atoms with Crippen molar-refractivity contribution >= 4 is 0 Å². The van der Waals surface area contributed by atoms with Gasteiger partial charge in [-0.2, -0.15) is 0 Å². The Labute approximate surface area is 155 Å². The van der Waals surface area contributed by atoms with E-state index in [0.717, 1.165) is 6.54 Å². The predicted molar refractivity (Wildman–Crippen MR) is 104 cm³/mol. The van der Waals surface area contributed by atoms with Gasteiger partial charge in [0.1, 0.15) is 13.5 Å². The zero-order valence-electron chi connectivity index (χ0n) is 15.0. The van der Waals surface area contributed by atoms with E-state index in [1.54, 1.807) is 0 Å². The Balaban J connectivity index is 1.50. The van der Waals surface area contributed by atoms with Crippen LogP contribution in [0.25, 0.3) is 0 Å². The zero-order chi connectivity index (χ0) is 17.9. The Hall–Kier alpha value is -2.46. The highest BCUT2D eigenvalue weighted by Gasteiger charge is 2.07. The molecule has 0 spiro atoms. The van der Waals surface area contributed by atoms with E-state index in [0.29, 0.717) is 26.7 Å². The van der Waals surface area contributed by atoms with Crippen molar-refractivity contribution in [1.82, 2.24) is 4.90 Å². The first-order chi connectivity index (χ1) is 12.9. The number of hydrogen-bond donors (Lipinski definition) is 0. The summed E-state index contributed by atoms with van der Waals surface area (Å²) in [4.78, 5) is 2.17. The normalized spacial score (nSPS) is 11.0. The molecule has 0 aliphatic rings. The van der Waals surface area contributed by atoms with Crippen LogP contribution < -0.4 is 0 Å². The molecule has 0 radical (unpaired) electrons. The second-order valence-corrected chi connectivity index (χ2v) is 6.24. The third kappa shape index (κ3) is 6.45. The van der Waals surface area contributed by atoms with Gasteiger partial charge in [0.05, 0.1) is 13.2 Å². The second-order valence-electron chi connectivity index (χ2n) is 6.24. The predicted octanol–water partition coefficient (Wildman–Crippen LogP) is 4.84. The first-order valence-corrected chi connectivity index (χ1v) is 8.90. The Kier molecular flexibility index (Phi) is 7.41. The van der Waals surface area contributed by atoms with Crippen LogP contribution in [0, 0.1) is 0 Å². The van der Waals surface area contributed by atoms with Crippen molar-refractivity contribution in [3.05, 3.63) is 108 Å². The van der Waals surface area contributed by atoms with Gasteiger partial charge in [-0.3, -0.25) is 4.90 Å². The Morgan fingerprint density at radius 3 is 1.31 bits per heavy atom. The fourth-order valence-electron chi connectivity index (χ4n) is 2.70. The summed E-state index contributed by atoms with van der Waals surface area (Å²) < 4.78 is 11.8. The lowest BCUT2D eigenvalue weighted by Crippen LogP contribution is -2.28. The van der Waals surface area contributed by atoms with Crippen molar-refractivity contribution < 1.29 is 9.47 Å². The molecule has 0 aliphatic carbocycles. The first kappa shape index (κ1) is 18.3. The third-order valence-electron chi connectivity index (χ3n) is 4.02. The molecule has 0 bridgehead atoms. The third-order valence-corrected chi connectivity index (χ3v) is 4.02. The minimum absolute atomic E-state index is 0.526. The first-order valence-electron chi connectivity index (χ1n) is 8.90. The van der Waals surface area contributed by atoms with Gasteiger partial charge in [-0.05, 0) is 16.7 Å². The van der Waals surface area contributed by atoms with Gasteiger partial charge < -0.3 is 9.47 Å². The molecule has 0 aromatic heterocycles. The molecule has 0 saturated carbocycles. The van der Waals surface area contributed by atoms with E-state index in [1.165, 1.54) is 16.7 Å². The Bertz CT molecular complexity index is 686. The molecule has 0 aliphatic heterocycles. The molecule has 0 fully saturated rings. The van der Waals surface area contributed by atoms with Crippen LogP contribution in [-0.2, 0) is 29.2 Å². The number of nitrogens with zero attached hydrogens (tertiary/aromatic N) is 1. The summed E-state index contributed by atoms with van der Waals surface area (Å²) in [6, 6.07) is 30.9. The summed E-state index contributed by atoms with van der Waals surface area (Å²) in [7, 11) is 0. The van der Waals surface area contributed by atoms with E-state index < -0.39 is 0 Å². The molecular weight excluding hydrogens is 322 g/mol. The van der Waals surface area contributed by atoms with Crippen LogP contribution >= 0.6 is 0 Å². The summed E-state index contributed by atoms with van der Waals surface area (Å²) >= 11 is 0. The van der Waals surface area contributed by atoms with Crippen molar-refractivity contribution in [2.24, 2.45) is 0 Å². The van der Waals surface area contributed by atoms with Gasteiger partial charge in [-0.25, -0.2) is 0 Å². The molecule has 0 unspecified atom stereocenters. The van der Waals surface area contributed by atoms with E-state index in [1.807, 2.05) is 42.5 Å². The molecule has 0 amide bonds. The Morgan fingerprint density at radius 2 is 0.885 bits per heavy atom. The van der Waals surface area contributed by atoms with E-state index in [2.05, 4.69) is 53.4 Å². The summed E-state index contributed by atoms with van der Waals surface area (Å²) in [5, 5.41) is 0. The maximum absolute atomic E-state index is 5.90. The summed E-state index contributed by atoms with van der Waals surface area (Å²) in [5.41, 5.74) is 3.61. The summed E-state index contributed by atoms with van der Waals surface area (Å²) in [5.74, 6) is 0. The molecule has 3 aromatic carbocycles. The largest absolute Gasteiger partial charge is 0.361 e. The van der Waals surface area contributed by atoms with Crippen molar-refractivity contribution in [1.29, 1.82) is 0 Å². The zero-order valence-corrected chi connectivity index (χ0v) is 15.0. The number of benzene rings is 3. The van der Waals surface area contributed by atoms with E-state index in [-0.39, 0.29) is 0 Å². The molecular formula is C23H25NO2. The molecule has 0 N–H and O–H groups in total. The van der Waals surface area contributed by atoms with Gasteiger partial charge in [0.15, 0.2) is 0 Å². The maximum Gasteiger partial charge on any atom is 0.102 e. The molecule has 3 heteroatoms. The van der Waals surface area contributed by atoms with Crippen molar-refractivity contribution in [2.75, 3.05) is 13.5 Å². The molecule has 0 heterocycles. The fourth-order valence-corrected chi connectivity index (χ4v) is 2.70. The molecule has 3 nitrogen and oxygen atoms in total. The molecule has 3 rings (SSSR count). The van der Waals surface area contributed by atoms with Crippen molar-refractivity contribution in [3.8, 4) is 0 Å². The minimum atomic E-state index is 0.526. The minimum Gasteiger partial charge on any atom is -0.361 e. The number of ether oxygens (including phenoxy) is 2. The maximum atomic E-state index is 5.90. The van der Waals surface area contributed by atoms with Crippen LogP contribution in [0.5, 0.6) is 0 Å². The number of rotatable bonds is 10. The lowest BCUT2D eigenvalue weighted by Gasteiger charge is -2.22. The highest BCUT2D eigenvalue weighted by molar-refractivity contribution is 5.15. The smallest absolute Gasteiger partial charge is 0.102 e. The fraction of sp³-hybridized carbons (Fsp3) is 0.217. The van der Waals surface area contributed by atoms with Crippen LogP contribution in [-0.4, -0.2) is 18.4 Å². The van der Waals surface area contributed by atoms with Crippen molar-refractivity contribution in [3.63, 3.8) is 0 Å². The molecule has 26 heavy (non-hydrogen) atoms. The van der Waals surface area contributed by atoms with Gasteiger partial charge in [-0.1, -0.05) is 91.0 Å². The SMILES string of the molecule is c1ccc(COCN(COCc2ccccc2)Cc2ccccc2)cc1. The van der Waals surface area contributed by atoms with Crippen LogP contribution in [0.2, 0.25) is 0 Å². The standard InChI is InChI=1S/C23H25NO2/c1-4-10-21(11-5-1)16-24(19-25-17-22-12-6-2-7-13-22)20-26-18-23-14-8-3-9-15-23/h1-15H,16-20H2. The average molecular weight is 347 g/mol. The number of hydrogen-bond acceptors (Lipinski definition) is 3. The average Bonchev–Trinajstić information content (AvgIpc) is 2.70. The molecule has 0 atom stereocenters. The van der Waals surface area contributed by atoms with E-state index >= 15 is 0 Å². The second kappa shape index (κ2) is 10.5. The van der Waals surface area contributed by atoms with Gasteiger partial charge in [0, 0.05) is 6.54 Å². The van der Waals surface area contributed by atoms with Crippen LogP contribution in [0.3, 0.4) is 0 Å². The lowest BCUT2D eigenvalue weighted by molar-refractivity contribution is -0.0593. The highest BCUT2D eigenvalue weighted by atomic mass is 16.5. The van der Waals surface area contributed by atoms with Crippen molar-refractivity contribution in [2.45, 2.75) is 19.8 Å². The molecule has 134 valence electrons. The Morgan fingerprint density at radius 1 is 0.500 bits per heavy atom. The molecule has 3 aromatic rings. The van der Waals surface area contributed by atoms with Gasteiger partial charge >= 0.3 is 0 Å². The van der Waals surface area contributed by atoms with Gasteiger partial charge in [0.25, 0.3) is 0 Å². The summed E-state index contributed by atoms with van der Waals surface area (Å²) in [6.45, 7) is 3.05. The quantitative estimate of drug-likeness (QED) is 0.490. The monoisotopic (exact) mass is 347 g/mol. The van der Waals surface area contributed by atoms with Crippen LogP contribution in [0.4, 0.5) is 0 Å². The topological polar surface area (TPSA) is 21.7 Å². The van der Waals surface area contributed by atoms with E-state index in [9.17, 15) is 0 Å². The van der Waals surface area contributed by atoms with E-state index in [4.69, 9.17) is 9.47 Å². The van der Waals surface area contributed by atoms with Gasteiger partial charge in [0.2, 0.25) is 0 Å². The lowest BCUT2D eigenvalue weighted by atomic mass is 10.2. The summed E-state index contributed by atoms with van der Waals surface area (Å²) in [6.07, 6.45) is 0. The van der Waals surface area contributed by atoms with Crippen LogP contribution in [0.1, 0.15) is 16.7 Å². The van der Waals surface area contributed by atoms with Crippen LogP contribution in [0.15, 0.2) is 91.0 Å². The van der Waals surface area contributed by atoms with Gasteiger partial charge in [-0.15, -0.1) is 0 Å². The molecule has 0 saturated heterocycles. The highest BCUT2D eigenvalue weighted by Crippen LogP contribution is 2.08.